The summed E-state index contributed by atoms with van der Waals surface area (Å²) in [6, 6.07) is 10.5. The topological polar surface area (TPSA) is 73.9 Å². The van der Waals surface area contributed by atoms with Gasteiger partial charge >= 0.3 is 0 Å². The molecule has 0 spiro atoms. The van der Waals surface area contributed by atoms with E-state index >= 15 is 0 Å². The fraction of sp³-hybridized carbons (Fsp3) is 0.350. The first-order chi connectivity index (χ1) is 12.7. The van der Waals surface area contributed by atoms with Gasteiger partial charge in [0.05, 0.1) is 5.92 Å². The summed E-state index contributed by atoms with van der Waals surface area (Å²) in [5, 5.41) is 12.1. The van der Waals surface area contributed by atoms with Gasteiger partial charge in [0, 0.05) is 41.8 Å². The van der Waals surface area contributed by atoms with Crippen molar-refractivity contribution in [2.24, 2.45) is 5.92 Å². The molecule has 1 aliphatic heterocycles. The molecule has 3 atom stereocenters. The molecule has 0 radical (unpaired) electrons. The minimum atomic E-state index is -0.0565. The molecule has 3 aromatic rings. The highest BCUT2D eigenvalue weighted by atomic mass is 16.2. The number of fused-ring (bicyclic) bond motifs is 2. The van der Waals surface area contributed by atoms with Gasteiger partial charge in [0.25, 0.3) is 0 Å². The number of H-pyrrole nitrogens is 1. The summed E-state index contributed by atoms with van der Waals surface area (Å²) in [6.45, 7) is 0.767. The van der Waals surface area contributed by atoms with Crippen LogP contribution in [0, 0.1) is 5.92 Å². The normalized spacial score (nSPS) is 25.0. The van der Waals surface area contributed by atoms with Gasteiger partial charge in [-0.05, 0) is 49.2 Å². The Hall–Kier alpha value is -2.73. The second-order valence-electron chi connectivity index (χ2n) is 7.43. The Kier molecular flexibility index (Phi) is 3.53. The SMILES string of the molecule is CN1C[C@H](C(=O)Nc2cccnn2)CC2c3cccc4[nH]cc(c34)C[C@H]21. The van der Waals surface area contributed by atoms with E-state index in [0.29, 0.717) is 17.8 Å². The van der Waals surface area contributed by atoms with E-state index in [1.807, 2.05) is 0 Å². The number of nitrogens with one attached hydrogen (secondary N) is 2. The molecule has 0 bridgehead atoms. The fourth-order valence-corrected chi connectivity index (χ4v) is 4.73. The number of likely N-dealkylation sites (tertiary alicyclic amines) is 1. The lowest BCUT2D eigenvalue weighted by Gasteiger charge is -2.45. The van der Waals surface area contributed by atoms with E-state index in [-0.39, 0.29) is 11.8 Å². The van der Waals surface area contributed by atoms with Crippen LogP contribution in [0.5, 0.6) is 0 Å². The van der Waals surface area contributed by atoms with Crippen molar-refractivity contribution in [2.45, 2.75) is 24.8 Å². The second kappa shape index (κ2) is 5.92. The van der Waals surface area contributed by atoms with Crippen molar-refractivity contribution >= 4 is 22.6 Å². The van der Waals surface area contributed by atoms with E-state index in [2.05, 4.69) is 56.8 Å². The number of hydrogen-bond acceptors (Lipinski definition) is 4. The first-order valence-electron chi connectivity index (χ1n) is 9.08. The highest BCUT2D eigenvalue weighted by Gasteiger charge is 2.41. The van der Waals surface area contributed by atoms with Crippen molar-refractivity contribution in [3.05, 3.63) is 53.9 Å². The predicted octanol–water partition coefficient (Wildman–Crippen LogP) is 2.56. The smallest absolute Gasteiger partial charge is 0.230 e. The number of anilines is 1. The molecule has 5 rings (SSSR count). The Morgan fingerprint density at radius 1 is 1.31 bits per heavy atom. The van der Waals surface area contributed by atoms with Crippen LogP contribution in [0.15, 0.2) is 42.7 Å². The van der Waals surface area contributed by atoms with E-state index in [1.54, 1.807) is 18.3 Å². The monoisotopic (exact) mass is 347 g/mol. The van der Waals surface area contributed by atoms with E-state index in [0.717, 1.165) is 19.4 Å². The Morgan fingerprint density at radius 3 is 3.08 bits per heavy atom. The zero-order valence-corrected chi connectivity index (χ0v) is 14.6. The molecule has 6 nitrogen and oxygen atoms in total. The number of nitrogens with zero attached hydrogens (tertiary/aromatic N) is 3. The largest absolute Gasteiger partial charge is 0.361 e. The highest BCUT2D eigenvalue weighted by molar-refractivity contribution is 5.92. The molecule has 2 aliphatic rings. The van der Waals surface area contributed by atoms with Gasteiger partial charge < -0.3 is 15.2 Å². The van der Waals surface area contributed by atoms with Crippen LogP contribution in [0.3, 0.4) is 0 Å². The third-order valence-electron chi connectivity index (χ3n) is 5.92. The summed E-state index contributed by atoms with van der Waals surface area (Å²) in [4.78, 5) is 18.6. The summed E-state index contributed by atoms with van der Waals surface area (Å²) < 4.78 is 0. The molecular weight excluding hydrogens is 326 g/mol. The van der Waals surface area contributed by atoms with Crippen molar-refractivity contribution in [1.82, 2.24) is 20.1 Å². The lowest BCUT2D eigenvalue weighted by atomic mass is 9.72. The average Bonchev–Trinajstić information content (AvgIpc) is 3.08. The number of piperidine rings is 1. The lowest BCUT2D eigenvalue weighted by molar-refractivity contribution is -0.122. The van der Waals surface area contributed by atoms with Gasteiger partial charge in [-0.2, -0.15) is 5.10 Å². The third-order valence-corrected chi connectivity index (χ3v) is 5.92. The quantitative estimate of drug-likeness (QED) is 0.747. The van der Waals surface area contributed by atoms with Crippen LogP contribution >= 0.6 is 0 Å². The summed E-state index contributed by atoms with van der Waals surface area (Å²) in [5.74, 6) is 0.862. The van der Waals surface area contributed by atoms with Gasteiger partial charge in [-0.25, -0.2) is 0 Å². The third kappa shape index (κ3) is 2.41. The van der Waals surface area contributed by atoms with Crippen LogP contribution < -0.4 is 5.32 Å². The number of likely N-dealkylation sites (N-methyl/N-ethyl adjacent to an activating group) is 1. The number of hydrogen-bond donors (Lipinski definition) is 2. The van der Waals surface area contributed by atoms with E-state index in [4.69, 9.17) is 0 Å². The van der Waals surface area contributed by atoms with Crippen molar-refractivity contribution < 1.29 is 4.79 Å². The van der Waals surface area contributed by atoms with Gasteiger partial charge in [-0.15, -0.1) is 5.10 Å². The number of carbonyl (C=O) groups excluding carboxylic acids is 1. The number of aromatic nitrogens is 3. The molecule has 2 aromatic heterocycles. The van der Waals surface area contributed by atoms with Gasteiger partial charge in [-0.3, -0.25) is 4.79 Å². The Morgan fingerprint density at radius 2 is 2.23 bits per heavy atom. The molecular formula is C20H21N5O. The predicted molar refractivity (Wildman–Crippen MR) is 99.9 cm³/mol. The standard InChI is InChI=1S/C20H21N5O/c1-25-11-13(20(26)23-18-6-3-7-22-24-18)8-15-14-4-2-5-16-19(14)12(10-21-16)9-17(15)25/h2-7,10,13,15,17,21H,8-9,11H2,1H3,(H,23,24,26)/t13-,15?,17-/m1/s1. The van der Waals surface area contributed by atoms with Crippen molar-refractivity contribution in [3.8, 4) is 0 Å². The van der Waals surface area contributed by atoms with E-state index in [9.17, 15) is 4.79 Å². The van der Waals surface area contributed by atoms with Gasteiger partial charge in [0.1, 0.15) is 0 Å². The first-order valence-corrected chi connectivity index (χ1v) is 9.08. The van der Waals surface area contributed by atoms with Gasteiger partial charge in [0.15, 0.2) is 5.82 Å². The molecule has 1 fully saturated rings. The van der Waals surface area contributed by atoms with Crippen LogP contribution in [0.1, 0.15) is 23.5 Å². The Balaban J connectivity index is 1.45. The molecule has 1 aliphatic carbocycles. The molecule has 1 amide bonds. The molecule has 6 heteroatoms. The van der Waals surface area contributed by atoms with Gasteiger partial charge in [-0.1, -0.05) is 12.1 Å². The van der Waals surface area contributed by atoms with Crippen LogP contribution in [0.25, 0.3) is 10.9 Å². The van der Waals surface area contributed by atoms with Crippen molar-refractivity contribution in [2.75, 3.05) is 18.9 Å². The zero-order chi connectivity index (χ0) is 17.7. The van der Waals surface area contributed by atoms with E-state index < -0.39 is 0 Å². The highest BCUT2D eigenvalue weighted by Crippen LogP contribution is 2.44. The molecule has 0 saturated carbocycles. The maximum absolute atomic E-state index is 12.8. The molecule has 1 saturated heterocycles. The zero-order valence-electron chi connectivity index (χ0n) is 14.6. The number of aromatic amines is 1. The second-order valence-corrected chi connectivity index (χ2v) is 7.43. The minimum Gasteiger partial charge on any atom is -0.361 e. The number of benzene rings is 1. The minimum absolute atomic E-state index is 0.0304. The summed E-state index contributed by atoms with van der Waals surface area (Å²) in [5.41, 5.74) is 3.97. The number of carbonyl (C=O) groups is 1. The van der Waals surface area contributed by atoms with Gasteiger partial charge in [0.2, 0.25) is 5.91 Å². The number of amides is 1. The van der Waals surface area contributed by atoms with Crippen LogP contribution in [-0.2, 0) is 11.2 Å². The molecule has 1 unspecified atom stereocenters. The lowest BCUT2D eigenvalue weighted by Crippen LogP contribution is -2.50. The van der Waals surface area contributed by atoms with E-state index in [1.165, 1.54) is 22.0 Å². The van der Waals surface area contributed by atoms with Crippen LogP contribution in [0.2, 0.25) is 0 Å². The molecule has 1 aromatic carbocycles. The average molecular weight is 347 g/mol. The maximum Gasteiger partial charge on any atom is 0.230 e. The summed E-state index contributed by atoms with van der Waals surface area (Å²) in [7, 11) is 2.14. The summed E-state index contributed by atoms with van der Waals surface area (Å²) in [6.07, 6.45) is 5.65. The Bertz CT molecular complexity index is 967. The van der Waals surface area contributed by atoms with Crippen LogP contribution in [-0.4, -0.2) is 45.6 Å². The van der Waals surface area contributed by atoms with Crippen LogP contribution in [0.4, 0.5) is 5.82 Å². The summed E-state index contributed by atoms with van der Waals surface area (Å²) >= 11 is 0. The molecule has 3 heterocycles. The number of rotatable bonds is 2. The van der Waals surface area contributed by atoms with Crippen molar-refractivity contribution in [1.29, 1.82) is 0 Å². The molecule has 26 heavy (non-hydrogen) atoms. The fourth-order valence-electron chi connectivity index (χ4n) is 4.73. The first kappa shape index (κ1) is 15.5. The molecule has 2 N–H and O–H groups in total. The van der Waals surface area contributed by atoms with Crippen molar-refractivity contribution in [3.63, 3.8) is 0 Å². The molecule has 132 valence electrons. The Labute approximate surface area is 151 Å². The maximum atomic E-state index is 12.8.